The number of carbonyl (C=O) groups is 2. The van der Waals surface area contributed by atoms with Gasteiger partial charge in [-0.15, -0.1) is 11.8 Å². The van der Waals surface area contributed by atoms with Crippen molar-refractivity contribution in [2.45, 2.75) is 32.4 Å². The van der Waals surface area contributed by atoms with E-state index in [4.69, 9.17) is 10.5 Å². The van der Waals surface area contributed by atoms with Crippen molar-refractivity contribution in [2.75, 3.05) is 6.61 Å². The van der Waals surface area contributed by atoms with Gasteiger partial charge in [-0.1, -0.05) is 6.72 Å². The monoisotopic (exact) mass is 298 g/mol. The van der Waals surface area contributed by atoms with Crippen molar-refractivity contribution < 1.29 is 28.6 Å². The molecule has 3 N–H and O–H groups in total. The molecular weight excluding hydrogens is 283 g/mol. The molecule has 0 fully saturated rings. The molecule has 0 aromatic heterocycles. The first-order valence-electron chi connectivity index (χ1n) is 4.86. The van der Waals surface area contributed by atoms with Crippen LogP contribution in [-0.4, -0.2) is 30.3 Å². The molecule has 0 aliphatic rings. The number of rotatable bonds is 5. The second kappa shape index (κ2) is 6.44. The fraction of sp³-hybridized carbons (Fsp3) is 0.750. The molecule has 0 heterocycles. The summed E-state index contributed by atoms with van der Waals surface area (Å²) in [5, 5.41) is 2.08. The fourth-order valence-corrected chi connectivity index (χ4v) is 1.32. The SMILES string of the molecule is CC(C)(C)OC(=O)NC(COP([O-])([O-])=S)C(N)=O. The highest BCUT2D eigenvalue weighted by atomic mass is 32.5. The zero-order valence-electron chi connectivity index (χ0n) is 10.2. The Bertz CT molecular complexity index is 363. The third-order valence-corrected chi connectivity index (χ3v) is 2.22. The molecule has 0 radical (unpaired) electrons. The largest absolute Gasteiger partial charge is 0.812 e. The van der Waals surface area contributed by atoms with Crippen LogP contribution < -0.4 is 20.8 Å². The van der Waals surface area contributed by atoms with Crippen LogP contribution in [0.25, 0.3) is 0 Å². The van der Waals surface area contributed by atoms with Gasteiger partial charge in [-0.25, -0.2) is 4.79 Å². The van der Waals surface area contributed by atoms with Crippen molar-refractivity contribution in [3.63, 3.8) is 0 Å². The Hall–Kier alpha value is -0.730. The van der Waals surface area contributed by atoms with Crippen LogP contribution in [0.4, 0.5) is 4.79 Å². The quantitative estimate of drug-likeness (QED) is 0.579. The van der Waals surface area contributed by atoms with Crippen LogP contribution in [0.5, 0.6) is 0 Å². The Morgan fingerprint density at radius 1 is 1.44 bits per heavy atom. The van der Waals surface area contributed by atoms with E-state index in [1.165, 1.54) is 0 Å². The van der Waals surface area contributed by atoms with Crippen molar-refractivity contribution in [1.29, 1.82) is 0 Å². The van der Waals surface area contributed by atoms with Crippen molar-refractivity contribution in [3.05, 3.63) is 0 Å². The number of hydrogen-bond donors (Lipinski definition) is 2. The first-order chi connectivity index (χ1) is 7.91. The number of primary amides is 1. The lowest BCUT2D eigenvalue weighted by molar-refractivity contribution is -0.321. The van der Waals surface area contributed by atoms with E-state index in [0.29, 0.717) is 0 Å². The van der Waals surface area contributed by atoms with Crippen molar-refractivity contribution in [3.8, 4) is 0 Å². The van der Waals surface area contributed by atoms with Gasteiger partial charge in [-0.2, -0.15) is 0 Å². The van der Waals surface area contributed by atoms with E-state index in [0.717, 1.165) is 0 Å². The second-order valence-electron chi connectivity index (χ2n) is 4.34. The van der Waals surface area contributed by atoms with Crippen LogP contribution in [-0.2, 0) is 25.9 Å². The third-order valence-electron chi connectivity index (χ3n) is 1.43. The summed E-state index contributed by atoms with van der Waals surface area (Å²) in [5.41, 5.74) is 4.20. The number of nitrogens with two attached hydrogens (primary N) is 1. The van der Waals surface area contributed by atoms with E-state index in [9.17, 15) is 19.4 Å². The molecule has 0 saturated heterocycles. The van der Waals surface area contributed by atoms with Gasteiger partial charge in [-0.3, -0.25) is 4.79 Å². The predicted molar refractivity (Wildman–Crippen MR) is 62.6 cm³/mol. The number of nitrogens with one attached hydrogen (secondary N) is 1. The number of alkyl carbamates (subject to hydrolysis) is 1. The highest BCUT2D eigenvalue weighted by Gasteiger charge is 2.22. The molecule has 2 amide bonds. The van der Waals surface area contributed by atoms with Crippen LogP contribution in [0, 0.1) is 0 Å². The number of amides is 2. The molecule has 106 valence electrons. The maximum absolute atomic E-state index is 11.3. The molecule has 0 aromatic rings. The van der Waals surface area contributed by atoms with E-state index in [2.05, 4.69) is 21.6 Å². The predicted octanol–water partition coefficient (Wildman–Crippen LogP) is -1.67. The molecule has 0 aliphatic heterocycles. The molecule has 1 atom stereocenters. The first kappa shape index (κ1) is 17.3. The molecule has 1 unspecified atom stereocenters. The molecule has 0 rings (SSSR count). The summed E-state index contributed by atoms with van der Waals surface area (Å²) < 4.78 is 9.09. The molecule has 18 heavy (non-hydrogen) atoms. The van der Waals surface area contributed by atoms with Gasteiger partial charge in [0.05, 0.1) is 6.61 Å². The highest BCUT2D eigenvalue weighted by molar-refractivity contribution is 8.05. The molecule has 10 heteroatoms. The van der Waals surface area contributed by atoms with Gasteiger partial charge in [0.15, 0.2) is 0 Å². The summed E-state index contributed by atoms with van der Waals surface area (Å²) in [6, 6.07) is -1.34. The Kier molecular flexibility index (Phi) is 6.18. The van der Waals surface area contributed by atoms with Gasteiger partial charge in [0.2, 0.25) is 5.91 Å². The lowest BCUT2D eigenvalue weighted by atomic mass is 10.2. The number of carbonyl (C=O) groups excluding carboxylic acids is 2. The van der Waals surface area contributed by atoms with Crippen molar-refractivity contribution in [1.82, 2.24) is 5.32 Å². The summed E-state index contributed by atoms with van der Waals surface area (Å²) in [5.74, 6) is -0.968. The van der Waals surface area contributed by atoms with E-state index >= 15 is 0 Å². The third kappa shape index (κ3) is 9.32. The van der Waals surface area contributed by atoms with E-state index in [1.807, 2.05) is 0 Å². The van der Waals surface area contributed by atoms with Crippen LogP contribution in [0.3, 0.4) is 0 Å². The summed E-state index contributed by atoms with van der Waals surface area (Å²) in [4.78, 5) is 43.5. The Balaban J connectivity index is 4.42. The number of ether oxygens (including phenoxy) is 1. The van der Waals surface area contributed by atoms with Crippen molar-refractivity contribution >= 4 is 30.5 Å². The van der Waals surface area contributed by atoms with E-state index in [1.54, 1.807) is 20.8 Å². The zero-order valence-corrected chi connectivity index (χ0v) is 11.9. The smallest absolute Gasteiger partial charge is 0.408 e. The summed E-state index contributed by atoms with van der Waals surface area (Å²) >= 11 is 3.97. The Morgan fingerprint density at radius 2 is 1.94 bits per heavy atom. The van der Waals surface area contributed by atoms with Gasteiger partial charge in [0.25, 0.3) is 0 Å². The van der Waals surface area contributed by atoms with Crippen LogP contribution in [0.15, 0.2) is 0 Å². The summed E-state index contributed by atoms with van der Waals surface area (Å²) in [7, 11) is 0. The molecule has 8 nitrogen and oxygen atoms in total. The fourth-order valence-electron chi connectivity index (χ4n) is 0.811. The minimum atomic E-state index is -4.41. The van der Waals surface area contributed by atoms with Gasteiger partial charge in [0, 0.05) is 0 Å². The maximum Gasteiger partial charge on any atom is 0.408 e. The summed E-state index contributed by atoms with van der Waals surface area (Å²) in [6.07, 6.45) is -0.917. The maximum atomic E-state index is 11.3. The molecular formula is C8H15N2O6PS-2. The molecule has 0 bridgehead atoms. The molecule has 0 aliphatic carbocycles. The Morgan fingerprint density at radius 3 is 2.28 bits per heavy atom. The van der Waals surface area contributed by atoms with Crippen LogP contribution in [0.1, 0.15) is 20.8 Å². The van der Waals surface area contributed by atoms with Gasteiger partial charge < -0.3 is 30.1 Å². The van der Waals surface area contributed by atoms with E-state index < -0.39 is 37.0 Å². The van der Waals surface area contributed by atoms with Gasteiger partial charge >= 0.3 is 6.09 Å². The van der Waals surface area contributed by atoms with Crippen LogP contribution in [0.2, 0.25) is 0 Å². The molecule has 0 aromatic carbocycles. The van der Waals surface area contributed by atoms with Crippen LogP contribution >= 0.6 is 6.72 Å². The molecule has 0 saturated carbocycles. The zero-order chi connectivity index (χ0) is 14.6. The topological polar surface area (TPSA) is 137 Å². The lowest BCUT2D eigenvalue weighted by Crippen LogP contribution is -2.49. The lowest BCUT2D eigenvalue weighted by Gasteiger charge is -2.35. The summed E-state index contributed by atoms with van der Waals surface area (Å²) in [6.45, 7) is -0.211. The standard InChI is InChI=1S/C8H17N2O6PS/c1-8(2,3)16-7(12)10-5(6(9)11)4-15-17(13,14)18/h5H,4H2,1-3H3,(H2,9,11)(H,10,12)(H2,13,14,18)/p-2. The van der Waals surface area contributed by atoms with E-state index in [-0.39, 0.29) is 0 Å². The highest BCUT2D eigenvalue weighted by Crippen LogP contribution is 2.24. The second-order valence-corrected chi connectivity index (χ2v) is 6.84. The van der Waals surface area contributed by atoms with Crippen molar-refractivity contribution in [2.24, 2.45) is 5.73 Å². The minimum Gasteiger partial charge on any atom is -0.812 e. The average molecular weight is 298 g/mol. The van der Waals surface area contributed by atoms with Gasteiger partial charge in [-0.05, 0) is 20.8 Å². The Labute approximate surface area is 110 Å². The first-order valence-corrected chi connectivity index (χ1v) is 7.42. The number of hydrogen-bond acceptors (Lipinski definition) is 7. The average Bonchev–Trinajstić information content (AvgIpc) is 2.06. The van der Waals surface area contributed by atoms with Gasteiger partial charge in [0.1, 0.15) is 11.6 Å². The minimum absolute atomic E-state index is 0.668. The normalized spacial score (nSPS) is 13.8. The molecule has 0 spiro atoms.